The summed E-state index contributed by atoms with van der Waals surface area (Å²) in [5.41, 5.74) is -0.815. The Morgan fingerprint density at radius 2 is 2.40 bits per heavy atom. The number of rotatable bonds is 1. The Bertz CT molecular complexity index is 200. The molecule has 0 spiro atoms. The monoisotopic (exact) mass is 142 g/mol. The highest BCUT2D eigenvalue weighted by atomic mass is 16.3. The van der Waals surface area contributed by atoms with E-state index in [1.165, 1.54) is 13.1 Å². The summed E-state index contributed by atoms with van der Waals surface area (Å²) in [5.74, 6) is -0.0644. The summed E-state index contributed by atoms with van der Waals surface area (Å²) in [6.07, 6.45) is 1.36. The zero-order valence-electron chi connectivity index (χ0n) is 5.93. The van der Waals surface area contributed by atoms with Crippen molar-refractivity contribution in [1.82, 2.24) is 10.6 Å². The molecular weight excluding hydrogens is 132 g/mol. The molecule has 0 fully saturated rings. The SMILES string of the molecule is CC(=O)C1(C)NC=C(O)N1. The van der Waals surface area contributed by atoms with Crippen molar-refractivity contribution < 1.29 is 9.90 Å². The summed E-state index contributed by atoms with van der Waals surface area (Å²) < 4.78 is 0. The summed E-state index contributed by atoms with van der Waals surface area (Å²) in [6, 6.07) is 0. The van der Waals surface area contributed by atoms with Gasteiger partial charge in [0.2, 0.25) is 5.88 Å². The van der Waals surface area contributed by atoms with Crippen molar-refractivity contribution in [3.8, 4) is 0 Å². The van der Waals surface area contributed by atoms with Gasteiger partial charge in [-0.2, -0.15) is 0 Å². The van der Waals surface area contributed by atoms with Crippen molar-refractivity contribution in [1.29, 1.82) is 0 Å². The molecule has 4 nitrogen and oxygen atoms in total. The van der Waals surface area contributed by atoms with Crippen LogP contribution < -0.4 is 10.6 Å². The predicted molar refractivity (Wildman–Crippen MR) is 36.1 cm³/mol. The quantitative estimate of drug-likeness (QED) is 0.476. The number of aliphatic hydroxyl groups is 1. The van der Waals surface area contributed by atoms with Crippen molar-refractivity contribution in [3.63, 3.8) is 0 Å². The van der Waals surface area contributed by atoms with Crippen LogP contribution in [0.1, 0.15) is 13.8 Å². The number of carbonyl (C=O) groups excluding carboxylic acids is 1. The standard InChI is InChI=1S/C6H10N2O2/c1-4(9)6(2)7-3-5(10)8-6/h3,7-8,10H,1-2H3. The molecule has 1 aliphatic rings. The van der Waals surface area contributed by atoms with Gasteiger partial charge >= 0.3 is 0 Å². The molecule has 0 aromatic carbocycles. The average Bonchev–Trinajstić information content (AvgIpc) is 2.13. The van der Waals surface area contributed by atoms with E-state index < -0.39 is 5.66 Å². The second-order valence-electron chi connectivity index (χ2n) is 2.48. The van der Waals surface area contributed by atoms with E-state index in [2.05, 4.69) is 10.6 Å². The van der Waals surface area contributed by atoms with Gasteiger partial charge < -0.3 is 15.7 Å². The lowest BCUT2D eigenvalue weighted by atomic mass is 10.1. The largest absolute Gasteiger partial charge is 0.494 e. The first-order chi connectivity index (χ1) is 4.54. The minimum Gasteiger partial charge on any atom is -0.494 e. The minimum atomic E-state index is -0.815. The number of ketones is 1. The van der Waals surface area contributed by atoms with Crippen LogP contribution in [0.4, 0.5) is 0 Å². The minimum absolute atomic E-state index is 0.00213. The van der Waals surface area contributed by atoms with Crippen molar-refractivity contribution >= 4 is 5.78 Å². The molecule has 0 saturated heterocycles. The summed E-state index contributed by atoms with van der Waals surface area (Å²) in [5, 5.41) is 14.1. The summed E-state index contributed by atoms with van der Waals surface area (Å²) >= 11 is 0. The zero-order chi connectivity index (χ0) is 7.78. The smallest absolute Gasteiger partial charge is 0.202 e. The van der Waals surface area contributed by atoms with E-state index in [9.17, 15) is 4.79 Å². The van der Waals surface area contributed by atoms with E-state index in [1.807, 2.05) is 0 Å². The number of nitrogens with one attached hydrogen (secondary N) is 2. The van der Waals surface area contributed by atoms with Crippen LogP contribution in [0.5, 0.6) is 0 Å². The number of carbonyl (C=O) groups is 1. The first-order valence-corrected chi connectivity index (χ1v) is 3.01. The van der Waals surface area contributed by atoms with Gasteiger partial charge in [-0.15, -0.1) is 0 Å². The molecule has 0 bridgehead atoms. The van der Waals surface area contributed by atoms with Crippen LogP contribution in [-0.2, 0) is 4.79 Å². The van der Waals surface area contributed by atoms with Gasteiger partial charge in [-0.25, -0.2) is 0 Å². The third kappa shape index (κ3) is 0.920. The fraction of sp³-hybridized carbons (Fsp3) is 0.500. The third-order valence-electron chi connectivity index (χ3n) is 1.58. The maximum absolute atomic E-state index is 10.8. The third-order valence-corrected chi connectivity index (χ3v) is 1.58. The van der Waals surface area contributed by atoms with Gasteiger partial charge in [0.05, 0.1) is 6.20 Å². The van der Waals surface area contributed by atoms with Gasteiger partial charge in [0, 0.05) is 0 Å². The molecule has 0 saturated carbocycles. The van der Waals surface area contributed by atoms with Gasteiger partial charge in [0.25, 0.3) is 0 Å². The number of aliphatic hydroxyl groups excluding tert-OH is 1. The molecule has 56 valence electrons. The van der Waals surface area contributed by atoms with Crippen LogP contribution in [0.25, 0.3) is 0 Å². The first kappa shape index (κ1) is 6.92. The van der Waals surface area contributed by atoms with Gasteiger partial charge in [-0.1, -0.05) is 0 Å². The molecule has 0 aliphatic carbocycles. The molecule has 1 heterocycles. The molecule has 0 radical (unpaired) electrons. The molecule has 10 heavy (non-hydrogen) atoms. The predicted octanol–water partition coefficient (Wildman–Crippen LogP) is -0.159. The fourth-order valence-electron chi connectivity index (χ4n) is 0.731. The first-order valence-electron chi connectivity index (χ1n) is 3.01. The van der Waals surface area contributed by atoms with E-state index in [1.54, 1.807) is 6.92 Å². The molecule has 4 heteroatoms. The molecule has 0 amide bonds. The maximum atomic E-state index is 10.8. The van der Waals surface area contributed by atoms with Gasteiger partial charge in [-0.3, -0.25) is 4.79 Å². The lowest BCUT2D eigenvalue weighted by molar-refractivity contribution is -0.123. The molecule has 1 unspecified atom stereocenters. The Morgan fingerprint density at radius 1 is 1.80 bits per heavy atom. The van der Waals surface area contributed by atoms with Crippen LogP contribution in [0, 0.1) is 0 Å². The molecule has 3 N–H and O–H groups in total. The average molecular weight is 142 g/mol. The van der Waals surface area contributed by atoms with Gasteiger partial charge in [-0.05, 0) is 13.8 Å². The normalized spacial score (nSPS) is 30.4. The highest BCUT2D eigenvalue weighted by Gasteiger charge is 2.32. The second kappa shape index (κ2) is 1.90. The topological polar surface area (TPSA) is 61.4 Å². The highest BCUT2D eigenvalue weighted by molar-refractivity contribution is 5.86. The van der Waals surface area contributed by atoms with E-state index >= 15 is 0 Å². The highest BCUT2D eigenvalue weighted by Crippen LogP contribution is 2.08. The van der Waals surface area contributed by atoms with Crippen LogP contribution in [-0.4, -0.2) is 16.6 Å². The maximum Gasteiger partial charge on any atom is 0.202 e. The van der Waals surface area contributed by atoms with E-state index in [-0.39, 0.29) is 11.7 Å². The van der Waals surface area contributed by atoms with Gasteiger partial charge in [0.1, 0.15) is 0 Å². The summed E-state index contributed by atoms with van der Waals surface area (Å²) in [6.45, 7) is 3.11. The van der Waals surface area contributed by atoms with Crippen molar-refractivity contribution in [3.05, 3.63) is 12.1 Å². The Kier molecular flexibility index (Phi) is 1.31. The second-order valence-corrected chi connectivity index (χ2v) is 2.48. The van der Waals surface area contributed by atoms with Crippen molar-refractivity contribution in [2.75, 3.05) is 0 Å². The lowest BCUT2D eigenvalue weighted by Crippen LogP contribution is -2.52. The number of hydrogen-bond acceptors (Lipinski definition) is 4. The van der Waals surface area contributed by atoms with Gasteiger partial charge in [0.15, 0.2) is 11.4 Å². The Labute approximate surface area is 58.9 Å². The Balaban J connectivity index is 2.70. The van der Waals surface area contributed by atoms with Crippen LogP contribution >= 0.6 is 0 Å². The summed E-state index contributed by atoms with van der Waals surface area (Å²) in [7, 11) is 0. The zero-order valence-corrected chi connectivity index (χ0v) is 5.93. The lowest BCUT2D eigenvalue weighted by Gasteiger charge is -2.21. The van der Waals surface area contributed by atoms with Crippen molar-refractivity contribution in [2.45, 2.75) is 19.5 Å². The Morgan fingerprint density at radius 3 is 2.60 bits per heavy atom. The van der Waals surface area contributed by atoms with E-state index in [4.69, 9.17) is 5.11 Å². The summed E-state index contributed by atoms with van der Waals surface area (Å²) in [4.78, 5) is 10.8. The van der Waals surface area contributed by atoms with E-state index in [0.717, 1.165) is 0 Å². The van der Waals surface area contributed by atoms with E-state index in [0.29, 0.717) is 0 Å². The Hall–Kier alpha value is -1.19. The van der Waals surface area contributed by atoms with Crippen LogP contribution in [0.3, 0.4) is 0 Å². The molecular formula is C6H10N2O2. The van der Waals surface area contributed by atoms with Crippen LogP contribution in [0.2, 0.25) is 0 Å². The van der Waals surface area contributed by atoms with Crippen LogP contribution in [0.15, 0.2) is 12.1 Å². The molecule has 1 aliphatic heterocycles. The van der Waals surface area contributed by atoms with Crippen molar-refractivity contribution in [2.24, 2.45) is 0 Å². The molecule has 1 atom stereocenters. The molecule has 0 aromatic heterocycles. The number of hydrogen-bond donors (Lipinski definition) is 3. The fourth-order valence-corrected chi connectivity index (χ4v) is 0.731. The molecule has 1 rings (SSSR count). The number of Topliss-reactive ketones (excluding diaryl/α,β-unsaturated/α-hetero) is 1. The molecule has 0 aromatic rings.